The Morgan fingerprint density at radius 2 is 1.84 bits per heavy atom. The summed E-state index contributed by atoms with van der Waals surface area (Å²) >= 11 is 3.28. The second kappa shape index (κ2) is 5.17. The van der Waals surface area contributed by atoms with E-state index in [9.17, 15) is 0 Å². The molecule has 0 bridgehead atoms. The van der Waals surface area contributed by atoms with E-state index < -0.39 is 0 Å². The van der Waals surface area contributed by atoms with Gasteiger partial charge in [0, 0.05) is 6.07 Å². The Morgan fingerprint density at radius 1 is 1.05 bits per heavy atom. The van der Waals surface area contributed by atoms with E-state index in [0.29, 0.717) is 10.4 Å². The zero-order chi connectivity index (χ0) is 13.2. The number of fused-ring (bicyclic) bond motifs is 1. The molecule has 0 aliphatic heterocycles. The van der Waals surface area contributed by atoms with Gasteiger partial charge in [-0.25, -0.2) is 0 Å². The summed E-state index contributed by atoms with van der Waals surface area (Å²) in [5, 5.41) is 0. The van der Waals surface area contributed by atoms with Crippen LogP contribution in [0.5, 0.6) is 11.8 Å². The highest BCUT2D eigenvalue weighted by atomic mass is 79.9. The van der Waals surface area contributed by atoms with Crippen LogP contribution in [-0.2, 0) is 12.8 Å². The lowest BCUT2D eigenvalue weighted by Gasteiger charge is -2.16. The first-order valence-electron chi connectivity index (χ1n) is 6.30. The normalized spacial score (nSPS) is 13.9. The van der Waals surface area contributed by atoms with E-state index in [1.807, 2.05) is 6.07 Å². The summed E-state index contributed by atoms with van der Waals surface area (Å²) in [5.41, 5.74) is 8.45. The Balaban J connectivity index is 1.86. The Kier molecular flexibility index (Phi) is 3.38. The number of halogens is 1. The molecule has 1 aliphatic carbocycles. The molecule has 0 fully saturated rings. The Labute approximate surface area is 120 Å². The third-order valence-corrected chi connectivity index (χ3v) is 3.63. The van der Waals surface area contributed by atoms with Crippen molar-refractivity contribution in [2.75, 3.05) is 5.73 Å². The van der Waals surface area contributed by atoms with Crippen LogP contribution in [-0.4, -0.2) is 9.97 Å². The van der Waals surface area contributed by atoms with Gasteiger partial charge < -0.3 is 10.5 Å². The lowest BCUT2D eigenvalue weighted by Crippen LogP contribution is -2.03. The van der Waals surface area contributed by atoms with Gasteiger partial charge in [-0.3, -0.25) is 0 Å². The summed E-state index contributed by atoms with van der Waals surface area (Å²) in [6.45, 7) is 0. The van der Waals surface area contributed by atoms with E-state index in [-0.39, 0.29) is 6.01 Å². The number of ether oxygens (including phenoxy) is 1. The summed E-state index contributed by atoms with van der Waals surface area (Å²) in [6, 6.07) is 8.08. The zero-order valence-corrected chi connectivity index (χ0v) is 12.0. The highest BCUT2D eigenvalue weighted by Crippen LogP contribution is 2.27. The quantitative estimate of drug-likeness (QED) is 0.861. The number of anilines is 1. The molecule has 1 aliphatic rings. The van der Waals surface area contributed by atoms with E-state index in [4.69, 9.17) is 10.5 Å². The first-order valence-corrected chi connectivity index (χ1v) is 7.10. The average Bonchev–Trinajstić information content (AvgIpc) is 2.37. The van der Waals surface area contributed by atoms with Crippen molar-refractivity contribution >= 4 is 21.7 Å². The van der Waals surface area contributed by atoms with Crippen molar-refractivity contribution in [1.82, 2.24) is 9.97 Å². The van der Waals surface area contributed by atoms with Gasteiger partial charge in [0.2, 0.25) is 0 Å². The van der Waals surface area contributed by atoms with Gasteiger partial charge in [-0.05, 0) is 64.9 Å². The van der Waals surface area contributed by atoms with Crippen molar-refractivity contribution in [3.8, 4) is 11.8 Å². The smallest absolute Gasteiger partial charge is 0.325 e. The number of rotatable bonds is 2. The molecule has 2 N–H and O–H groups in total. The molecule has 19 heavy (non-hydrogen) atoms. The molecule has 3 rings (SSSR count). The fraction of sp³-hybridized carbons (Fsp3) is 0.286. The van der Waals surface area contributed by atoms with E-state index in [1.54, 1.807) is 6.07 Å². The molecule has 98 valence electrons. The SMILES string of the molecule is Nc1cc(Br)nc(Oc2ccc3c(c2)CCCC3)n1. The van der Waals surface area contributed by atoms with Gasteiger partial charge in [0.1, 0.15) is 16.2 Å². The highest BCUT2D eigenvalue weighted by Gasteiger charge is 2.11. The predicted octanol–water partition coefficient (Wildman–Crippen LogP) is 3.49. The van der Waals surface area contributed by atoms with Gasteiger partial charge in [-0.2, -0.15) is 9.97 Å². The minimum absolute atomic E-state index is 0.266. The van der Waals surface area contributed by atoms with Crippen LogP contribution in [0.25, 0.3) is 0 Å². The van der Waals surface area contributed by atoms with Gasteiger partial charge in [0.15, 0.2) is 0 Å². The van der Waals surface area contributed by atoms with Crippen molar-refractivity contribution in [3.05, 3.63) is 40.0 Å². The molecule has 0 atom stereocenters. The van der Waals surface area contributed by atoms with Crippen LogP contribution in [0.15, 0.2) is 28.9 Å². The van der Waals surface area contributed by atoms with Crippen LogP contribution in [0.4, 0.5) is 5.82 Å². The summed E-state index contributed by atoms with van der Waals surface area (Å²) in [7, 11) is 0. The van der Waals surface area contributed by atoms with Crippen LogP contribution in [0.2, 0.25) is 0 Å². The van der Waals surface area contributed by atoms with Crippen molar-refractivity contribution in [2.45, 2.75) is 25.7 Å². The fourth-order valence-corrected chi connectivity index (χ4v) is 2.72. The van der Waals surface area contributed by atoms with Gasteiger partial charge in [0.25, 0.3) is 0 Å². The maximum Gasteiger partial charge on any atom is 0.325 e. The van der Waals surface area contributed by atoms with Gasteiger partial charge in [-0.15, -0.1) is 0 Å². The monoisotopic (exact) mass is 319 g/mol. The van der Waals surface area contributed by atoms with Crippen molar-refractivity contribution < 1.29 is 4.74 Å². The van der Waals surface area contributed by atoms with Crippen molar-refractivity contribution in [1.29, 1.82) is 0 Å². The number of hydrogen-bond acceptors (Lipinski definition) is 4. The molecule has 4 nitrogen and oxygen atoms in total. The molecule has 5 heteroatoms. The van der Waals surface area contributed by atoms with Crippen LogP contribution in [0, 0.1) is 0 Å². The van der Waals surface area contributed by atoms with Crippen LogP contribution in [0.3, 0.4) is 0 Å². The molecule has 2 aromatic rings. The molecular formula is C14H14BrN3O. The molecular weight excluding hydrogens is 306 g/mol. The number of nitrogens with zero attached hydrogens (tertiary/aromatic N) is 2. The summed E-state index contributed by atoms with van der Waals surface area (Å²) in [4.78, 5) is 8.20. The average molecular weight is 320 g/mol. The summed E-state index contributed by atoms with van der Waals surface area (Å²) < 4.78 is 6.29. The van der Waals surface area contributed by atoms with Crippen LogP contribution in [0.1, 0.15) is 24.0 Å². The molecule has 1 heterocycles. The lowest BCUT2D eigenvalue weighted by molar-refractivity contribution is 0.440. The minimum Gasteiger partial charge on any atom is -0.424 e. The zero-order valence-electron chi connectivity index (χ0n) is 10.4. The second-order valence-corrected chi connectivity index (χ2v) is 5.45. The number of hydrogen-bond donors (Lipinski definition) is 1. The Hall–Kier alpha value is -1.62. The second-order valence-electron chi connectivity index (χ2n) is 4.64. The third kappa shape index (κ3) is 2.87. The van der Waals surface area contributed by atoms with Gasteiger partial charge in [0.05, 0.1) is 0 Å². The molecule has 1 aromatic carbocycles. The molecule has 0 saturated heterocycles. The topological polar surface area (TPSA) is 61.0 Å². The fourth-order valence-electron chi connectivity index (χ4n) is 2.34. The van der Waals surface area contributed by atoms with Crippen molar-refractivity contribution in [3.63, 3.8) is 0 Å². The number of aromatic nitrogens is 2. The van der Waals surface area contributed by atoms with Crippen LogP contribution >= 0.6 is 15.9 Å². The number of aryl methyl sites for hydroxylation is 2. The maximum atomic E-state index is 5.67. The Bertz CT molecular complexity index is 595. The van der Waals surface area contributed by atoms with Gasteiger partial charge in [-0.1, -0.05) is 6.07 Å². The first-order chi connectivity index (χ1) is 9.20. The summed E-state index contributed by atoms with van der Waals surface area (Å²) in [5.74, 6) is 1.15. The number of benzene rings is 1. The highest BCUT2D eigenvalue weighted by molar-refractivity contribution is 9.10. The first kappa shape index (κ1) is 12.4. The number of nitrogens with two attached hydrogens (primary N) is 1. The lowest BCUT2D eigenvalue weighted by atomic mass is 9.92. The van der Waals surface area contributed by atoms with E-state index in [1.165, 1.54) is 24.0 Å². The molecule has 0 radical (unpaired) electrons. The Morgan fingerprint density at radius 3 is 2.63 bits per heavy atom. The third-order valence-electron chi connectivity index (χ3n) is 3.22. The molecule has 0 amide bonds. The largest absolute Gasteiger partial charge is 0.424 e. The van der Waals surface area contributed by atoms with Crippen molar-refractivity contribution in [2.24, 2.45) is 0 Å². The molecule has 0 saturated carbocycles. The predicted molar refractivity (Wildman–Crippen MR) is 77.3 cm³/mol. The summed E-state index contributed by atoms with van der Waals surface area (Å²) in [6.07, 6.45) is 4.80. The standard InChI is InChI=1S/C14H14BrN3O/c15-12-8-13(16)18-14(17-12)19-11-6-5-9-3-1-2-4-10(9)7-11/h5-8H,1-4H2,(H2,16,17,18). The van der Waals surface area contributed by atoms with E-state index in [2.05, 4.69) is 38.0 Å². The van der Waals surface area contributed by atoms with Crippen LogP contribution < -0.4 is 10.5 Å². The molecule has 0 unspecified atom stereocenters. The molecule has 0 spiro atoms. The minimum atomic E-state index is 0.266. The molecule has 1 aromatic heterocycles. The maximum absolute atomic E-state index is 5.67. The number of nitrogen functional groups attached to an aromatic ring is 1. The van der Waals surface area contributed by atoms with E-state index in [0.717, 1.165) is 18.6 Å². The van der Waals surface area contributed by atoms with E-state index >= 15 is 0 Å². The van der Waals surface area contributed by atoms with Gasteiger partial charge >= 0.3 is 6.01 Å².